The minimum Gasteiger partial charge on any atom is -0.497 e. The second kappa shape index (κ2) is 5.43. The first-order valence-corrected chi connectivity index (χ1v) is 7.23. The van der Waals surface area contributed by atoms with Crippen molar-refractivity contribution in [3.63, 3.8) is 0 Å². The van der Waals surface area contributed by atoms with Crippen LogP contribution in [-0.2, 0) is 0 Å². The molecule has 3 rings (SSSR count). The van der Waals surface area contributed by atoms with Crippen molar-refractivity contribution in [3.8, 4) is 11.8 Å². The lowest BCUT2D eigenvalue weighted by atomic mass is 10.1. The monoisotopic (exact) mass is 295 g/mol. The van der Waals surface area contributed by atoms with E-state index in [1.807, 2.05) is 43.3 Å². The molecule has 4 nitrogen and oxygen atoms in total. The van der Waals surface area contributed by atoms with E-state index < -0.39 is 0 Å². The number of hydrogen-bond acceptors (Lipinski definition) is 5. The van der Waals surface area contributed by atoms with Gasteiger partial charge in [0, 0.05) is 0 Å². The van der Waals surface area contributed by atoms with Gasteiger partial charge in [-0.2, -0.15) is 5.26 Å². The van der Waals surface area contributed by atoms with Gasteiger partial charge in [0.2, 0.25) is 0 Å². The van der Waals surface area contributed by atoms with Crippen LogP contribution in [0.5, 0.6) is 5.75 Å². The van der Waals surface area contributed by atoms with Gasteiger partial charge in [-0.15, -0.1) is 0 Å². The van der Waals surface area contributed by atoms with Crippen molar-refractivity contribution >= 4 is 32.4 Å². The van der Waals surface area contributed by atoms with E-state index in [1.54, 1.807) is 7.11 Å². The highest BCUT2D eigenvalue weighted by atomic mass is 32.1. The number of methoxy groups -OCH3 is 1. The van der Waals surface area contributed by atoms with Crippen molar-refractivity contribution in [2.24, 2.45) is 0 Å². The van der Waals surface area contributed by atoms with E-state index in [0.29, 0.717) is 5.56 Å². The van der Waals surface area contributed by atoms with Crippen molar-refractivity contribution in [2.75, 3.05) is 12.4 Å². The number of thiazole rings is 1. The summed E-state index contributed by atoms with van der Waals surface area (Å²) in [5.41, 5.74) is 3.40. The van der Waals surface area contributed by atoms with Crippen LogP contribution in [0, 0.1) is 18.3 Å². The number of ether oxygens (including phenoxy) is 1. The smallest absolute Gasteiger partial charge is 0.188 e. The molecule has 5 heteroatoms. The quantitative estimate of drug-likeness (QED) is 0.785. The molecule has 3 aromatic rings. The molecule has 0 amide bonds. The Morgan fingerprint density at radius 3 is 2.86 bits per heavy atom. The number of aromatic nitrogens is 1. The largest absolute Gasteiger partial charge is 0.497 e. The van der Waals surface area contributed by atoms with Gasteiger partial charge in [-0.1, -0.05) is 17.4 Å². The highest BCUT2D eigenvalue weighted by Gasteiger charge is 2.08. The first-order chi connectivity index (χ1) is 10.2. The SMILES string of the molecule is COc1ccc2nc(Nc3cc(C)ccc3C#N)sc2c1. The summed E-state index contributed by atoms with van der Waals surface area (Å²) in [6.45, 7) is 2.00. The zero-order chi connectivity index (χ0) is 14.8. The zero-order valence-corrected chi connectivity index (χ0v) is 12.5. The summed E-state index contributed by atoms with van der Waals surface area (Å²) in [6, 6.07) is 13.7. The standard InChI is InChI=1S/C16H13N3OS/c1-10-3-4-11(9-17)14(7-10)19-16-18-13-6-5-12(20-2)8-15(13)21-16/h3-8H,1-2H3,(H,18,19). The number of anilines is 2. The van der Waals surface area contributed by atoms with Crippen LogP contribution < -0.4 is 10.1 Å². The summed E-state index contributed by atoms with van der Waals surface area (Å²) in [6.07, 6.45) is 0. The molecule has 1 heterocycles. The molecule has 0 spiro atoms. The molecule has 1 aromatic heterocycles. The molecule has 0 saturated carbocycles. The Bertz CT molecular complexity index is 848. The molecule has 0 aliphatic rings. The van der Waals surface area contributed by atoms with Crippen LogP contribution in [0.15, 0.2) is 36.4 Å². The third-order valence-corrected chi connectivity index (χ3v) is 4.07. The Labute approximate surface area is 126 Å². The molecule has 0 fully saturated rings. The average molecular weight is 295 g/mol. The molecule has 0 aliphatic carbocycles. The summed E-state index contributed by atoms with van der Waals surface area (Å²) < 4.78 is 6.26. The van der Waals surface area contributed by atoms with Crippen LogP contribution in [-0.4, -0.2) is 12.1 Å². The van der Waals surface area contributed by atoms with Crippen molar-refractivity contribution in [1.29, 1.82) is 5.26 Å². The van der Waals surface area contributed by atoms with E-state index in [9.17, 15) is 5.26 Å². The summed E-state index contributed by atoms with van der Waals surface area (Å²) in [7, 11) is 1.65. The lowest BCUT2D eigenvalue weighted by Gasteiger charge is -2.05. The number of benzene rings is 2. The van der Waals surface area contributed by atoms with Gasteiger partial charge in [0.25, 0.3) is 0 Å². The molecule has 0 aliphatic heterocycles. The van der Waals surface area contributed by atoms with Gasteiger partial charge in [0.15, 0.2) is 5.13 Å². The third-order valence-electron chi connectivity index (χ3n) is 3.13. The molecule has 0 bridgehead atoms. The van der Waals surface area contributed by atoms with E-state index in [4.69, 9.17) is 4.74 Å². The molecule has 21 heavy (non-hydrogen) atoms. The maximum absolute atomic E-state index is 9.17. The predicted molar refractivity (Wildman–Crippen MR) is 85.3 cm³/mol. The fraction of sp³-hybridized carbons (Fsp3) is 0.125. The minimum absolute atomic E-state index is 0.609. The molecule has 0 saturated heterocycles. The van der Waals surface area contributed by atoms with Gasteiger partial charge in [-0.05, 0) is 42.8 Å². The average Bonchev–Trinajstić information content (AvgIpc) is 2.88. The number of aryl methyl sites for hydroxylation is 1. The molecule has 104 valence electrons. The second-order valence-corrected chi connectivity index (χ2v) is 5.67. The van der Waals surface area contributed by atoms with Crippen molar-refractivity contribution in [1.82, 2.24) is 4.98 Å². The number of hydrogen-bond donors (Lipinski definition) is 1. The molecule has 0 unspecified atom stereocenters. The van der Waals surface area contributed by atoms with Gasteiger partial charge in [-0.25, -0.2) is 4.98 Å². The lowest BCUT2D eigenvalue weighted by Crippen LogP contribution is -1.93. The highest BCUT2D eigenvalue weighted by Crippen LogP contribution is 2.31. The highest BCUT2D eigenvalue weighted by molar-refractivity contribution is 7.22. The Kier molecular flexibility index (Phi) is 3.46. The second-order valence-electron chi connectivity index (χ2n) is 4.64. The summed E-state index contributed by atoms with van der Waals surface area (Å²) in [4.78, 5) is 4.53. The van der Waals surface area contributed by atoms with Crippen LogP contribution in [0.25, 0.3) is 10.2 Å². The van der Waals surface area contributed by atoms with Crippen LogP contribution in [0.1, 0.15) is 11.1 Å². The fourth-order valence-electron chi connectivity index (χ4n) is 2.06. The number of nitrogens with zero attached hydrogens (tertiary/aromatic N) is 2. The number of nitrogens with one attached hydrogen (secondary N) is 1. The van der Waals surface area contributed by atoms with Gasteiger partial charge in [0.1, 0.15) is 11.8 Å². The molecule has 1 N–H and O–H groups in total. The van der Waals surface area contributed by atoms with Crippen LogP contribution >= 0.6 is 11.3 Å². The summed E-state index contributed by atoms with van der Waals surface area (Å²) >= 11 is 1.54. The normalized spacial score (nSPS) is 10.3. The van der Waals surface area contributed by atoms with E-state index in [-0.39, 0.29) is 0 Å². The number of rotatable bonds is 3. The van der Waals surface area contributed by atoms with Gasteiger partial charge in [-0.3, -0.25) is 0 Å². The first kappa shape index (κ1) is 13.4. The van der Waals surface area contributed by atoms with E-state index in [2.05, 4.69) is 16.4 Å². The lowest BCUT2D eigenvalue weighted by molar-refractivity contribution is 0.415. The van der Waals surface area contributed by atoms with Gasteiger partial charge in [0.05, 0.1) is 28.6 Å². The maximum Gasteiger partial charge on any atom is 0.188 e. The summed E-state index contributed by atoms with van der Waals surface area (Å²) in [5, 5.41) is 13.2. The molecular formula is C16H13N3OS. The van der Waals surface area contributed by atoms with Crippen LogP contribution in [0.4, 0.5) is 10.8 Å². The Balaban J connectivity index is 1.98. The van der Waals surface area contributed by atoms with Gasteiger partial charge < -0.3 is 10.1 Å². The Morgan fingerprint density at radius 2 is 2.10 bits per heavy atom. The maximum atomic E-state index is 9.17. The van der Waals surface area contributed by atoms with Crippen molar-refractivity contribution in [3.05, 3.63) is 47.5 Å². The van der Waals surface area contributed by atoms with E-state index in [0.717, 1.165) is 32.3 Å². The first-order valence-electron chi connectivity index (χ1n) is 6.42. The zero-order valence-electron chi connectivity index (χ0n) is 11.7. The van der Waals surface area contributed by atoms with Crippen LogP contribution in [0.3, 0.4) is 0 Å². The van der Waals surface area contributed by atoms with E-state index >= 15 is 0 Å². The van der Waals surface area contributed by atoms with Crippen LogP contribution in [0.2, 0.25) is 0 Å². The molecular weight excluding hydrogens is 282 g/mol. The minimum atomic E-state index is 0.609. The Hall–Kier alpha value is -2.58. The molecule has 0 atom stereocenters. The third kappa shape index (κ3) is 2.67. The molecule has 2 aromatic carbocycles. The predicted octanol–water partition coefficient (Wildman–Crippen LogP) is 4.23. The topological polar surface area (TPSA) is 57.9 Å². The van der Waals surface area contributed by atoms with E-state index in [1.165, 1.54) is 11.3 Å². The summed E-state index contributed by atoms with van der Waals surface area (Å²) in [5.74, 6) is 0.811. The van der Waals surface area contributed by atoms with Gasteiger partial charge >= 0.3 is 0 Å². The van der Waals surface area contributed by atoms with Crippen molar-refractivity contribution in [2.45, 2.75) is 6.92 Å². The fourth-order valence-corrected chi connectivity index (χ4v) is 2.97. The Morgan fingerprint density at radius 1 is 1.24 bits per heavy atom. The number of fused-ring (bicyclic) bond motifs is 1. The number of nitriles is 1. The van der Waals surface area contributed by atoms with Crippen molar-refractivity contribution < 1.29 is 4.74 Å². The molecule has 0 radical (unpaired) electrons.